The Kier molecular flexibility index (Phi) is 3.44. The standard InChI is InChI=1S/C12H18O2S/c1-8(7-13)5-9-6-10-11(14)3-2-4-12(10)15-9/h6,8,11,13-14H,2-5,7H2,1H3. The first kappa shape index (κ1) is 11.1. The summed E-state index contributed by atoms with van der Waals surface area (Å²) in [7, 11) is 0. The number of aliphatic hydroxyl groups is 2. The molecule has 0 aliphatic heterocycles. The molecule has 2 nitrogen and oxygen atoms in total. The van der Waals surface area contributed by atoms with Crippen LogP contribution >= 0.6 is 11.3 Å². The van der Waals surface area contributed by atoms with Gasteiger partial charge in [-0.3, -0.25) is 0 Å². The number of rotatable bonds is 3. The minimum absolute atomic E-state index is 0.241. The second-order valence-corrected chi connectivity index (χ2v) is 5.71. The molecule has 2 N–H and O–H groups in total. The van der Waals surface area contributed by atoms with Gasteiger partial charge in [-0.25, -0.2) is 0 Å². The summed E-state index contributed by atoms with van der Waals surface area (Å²) >= 11 is 1.81. The molecule has 84 valence electrons. The van der Waals surface area contributed by atoms with Crippen LogP contribution in [-0.2, 0) is 12.8 Å². The average Bonchev–Trinajstić information content (AvgIpc) is 2.62. The topological polar surface area (TPSA) is 40.5 Å². The molecule has 0 fully saturated rings. The van der Waals surface area contributed by atoms with Gasteiger partial charge in [0.05, 0.1) is 6.10 Å². The Bertz CT molecular complexity index is 332. The first-order chi connectivity index (χ1) is 7.20. The van der Waals surface area contributed by atoms with E-state index in [1.165, 1.54) is 9.75 Å². The highest BCUT2D eigenvalue weighted by molar-refractivity contribution is 7.12. The first-order valence-electron chi connectivity index (χ1n) is 5.61. The lowest BCUT2D eigenvalue weighted by Gasteiger charge is -2.16. The van der Waals surface area contributed by atoms with Gasteiger partial charge in [0.25, 0.3) is 0 Å². The molecule has 3 heteroatoms. The molecule has 1 aromatic rings. The molecule has 0 saturated heterocycles. The quantitative estimate of drug-likeness (QED) is 0.830. The summed E-state index contributed by atoms with van der Waals surface area (Å²) in [5, 5.41) is 18.8. The number of fused-ring (bicyclic) bond motifs is 1. The van der Waals surface area contributed by atoms with Gasteiger partial charge in [0, 0.05) is 16.4 Å². The maximum Gasteiger partial charge on any atom is 0.0801 e. The van der Waals surface area contributed by atoms with Crippen molar-refractivity contribution in [1.82, 2.24) is 0 Å². The lowest BCUT2D eigenvalue weighted by molar-refractivity contribution is 0.157. The van der Waals surface area contributed by atoms with Gasteiger partial charge in [0.1, 0.15) is 0 Å². The Hall–Kier alpha value is -0.380. The SMILES string of the molecule is CC(CO)Cc1cc2c(s1)CCCC2O. The molecule has 0 bridgehead atoms. The predicted molar refractivity (Wildman–Crippen MR) is 62.2 cm³/mol. The number of hydrogen-bond donors (Lipinski definition) is 2. The molecule has 2 atom stereocenters. The van der Waals surface area contributed by atoms with E-state index in [2.05, 4.69) is 13.0 Å². The van der Waals surface area contributed by atoms with Crippen LogP contribution in [0.3, 0.4) is 0 Å². The van der Waals surface area contributed by atoms with E-state index in [0.717, 1.165) is 31.2 Å². The summed E-state index contributed by atoms with van der Waals surface area (Å²) in [5.41, 5.74) is 1.14. The van der Waals surface area contributed by atoms with Crippen LogP contribution < -0.4 is 0 Å². The molecule has 0 radical (unpaired) electrons. The van der Waals surface area contributed by atoms with Crippen LogP contribution in [0.2, 0.25) is 0 Å². The van der Waals surface area contributed by atoms with Crippen LogP contribution in [-0.4, -0.2) is 16.8 Å². The molecule has 0 amide bonds. The summed E-state index contributed by atoms with van der Waals surface area (Å²) in [6.07, 6.45) is 3.80. The van der Waals surface area contributed by atoms with E-state index < -0.39 is 0 Å². The third kappa shape index (κ3) is 2.41. The minimum Gasteiger partial charge on any atom is -0.396 e. The molecule has 1 aliphatic carbocycles. The Morgan fingerprint density at radius 1 is 1.60 bits per heavy atom. The molecular formula is C12H18O2S. The normalized spacial score (nSPS) is 22.5. The average molecular weight is 226 g/mol. The molecule has 2 unspecified atom stereocenters. The van der Waals surface area contributed by atoms with Gasteiger partial charge < -0.3 is 10.2 Å². The predicted octanol–water partition coefficient (Wildman–Crippen LogP) is 2.29. The Morgan fingerprint density at radius 2 is 2.40 bits per heavy atom. The fraction of sp³-hybridized carbons (Fsp3) is 0.667. The van der Waals surface area contributed by atoms with E-state index in [9.17, 15) is 5.11 Å². The monoisotopic (exact) mass is 226 g/mol. The van der Waals surface area contributed by atoms with Gasteiger partial charge in [0.15, 0.2) is 0 Å². The lowest BCUT2D eigenvalue weighted by atomic mass is 9.95. The molecular weight excluding hydrogens is 208 g/mol. The van der Waals surface area contributed by atoms with Crippen molar-refractivity contribution in [3.8, 4) is 0 Å². The molecule has 0 aromatic carbocycles. The van der Waals surface area contributed by atoms with Crippen molar-refractivity contribution in [2.45, 2.75) is 38.7 Å². The second-order valence-electron chi connectivity index (χ2n) is 4.49. The van der Waals surface area contributed by atoms with Crippen LogP contribution in [0.15, 0.2) is 6.07 Å². The molecule has 1 heterocycles. The number of aryl methyl sites for hydroxylation is 1. The summed E-state index contributed by atoms with van der Waals surface area (Å²) in [4.78, 5) is 2.66. The summed E-state index contributed by atoms with van der Waals surface area (Å²) in [5.74, 6) is 0.322. The van der Waals surface area contributed by atoms with Crippen molar-refractivity contribution in [2.24, 2.45) is 5.92 Å². The third-order valence-electron chi connectivity index (χ3n) is 2.99. The van der Waals surface area contributed by atoms with Crippen LogP contribution in [0.5, 0.6) is 0 Å². The van der Waals surface area contributed by atoms with Gasteiger partial charge >= 0.3 is 0 Å². The smallest absolute Gasteiger partial charge is 0.0801 e. The Balaban J connectivity index is 2.14. The Morgan fingerprint density at radius 3 is 3.07 bits per heavy atom. The van der Waals surface area contributed by atoms with E-state index in [0.29, 0.717) is 5.92 Å². The van der Waals surface area contributed by atoms with Gasteiger partial charge in [-0.2, -0.15) is 0 Å². The zero-order valence-corrected chi connectivity index (χ0v) is 9.89. The lowest BCUT2D eigenvalue weighted by Crippen LogP contribution is -2.05. The van der Waals surface area contributed by atoms with E-state index in [4.69, 9.17) is 5.11 Å². The van der Waals surface area contributed by atoms with Crippen molar-refractivity contribution in [2.75, 3.05) is 6.61 Å². The first-order valence-corrected chi connectivity index (χ1v) is 6.42. The zero-order chi connectivity index (χ0) is 10.8. The van der Waals surface area contributed by atoms with Crippen molar-refractivity contribution >= 4 is 11.3 Å². The Labute approximate surface area is 94.6 Å². The molecule has 0 saturated carbocycles. The van der Waals surface area contributed by atoms with Crippen LogP contribution in [0, 0.1) is 5.92 Å². The van der Waals surface area contributed by atoms with Gasteiger partial charge in [-0.1, -0.05) is 6.92 Å². The fourth-order valence-electron chi connectivity index (χ4n) is 2.10. The minimum atomic E-state index is -0.247. The highest BCUT2D eigenvalue weighted by Crippen LogP contribution is 2.36. The van der Waals surface area contributed by atoms with Crippen LogP contribution in [0.25, 0.3) is 0 Å². The molecule has 2 rings (SSSR count). The van der Waals surface area contributed by atoms with Crippen molar-refractivity contribution in [1.29, 1.82) is 0 Å². The van der Waals surface area contributed by atoms with Crippen molar-refractivity contribution in [3.05, 3.63) is 21.4 Å². The van der Waals surface area contributed by atoms with Crippen LogP contribution in [0.4, 0.5) is 0 Å². The molecule has 0 spiro atoms. The highest BCUT2D eigenvalue weighted by atomic mass is 32.1. The zero-order valence-electron chi connectivity index (χ0n) is 9.07. The summed E-state index contributed by atoms with van der Waals surface area (Å²) in [6.45, 7) is 2.29. The van der Waals surface area contributed by atoms with Gasteiger partial charge in [-0.05, 0) is 43.2 Å². The summed E-state index contributed by atoms with van der Waals surface area (Å²) in [6, 6.07) is 2.13. The molecule has 1 aromatic heterocycles. The number of aliphatic hydroxyl groups excluding tert-OH is 2. The summed E-state index contributed by atoms with van der Waals surface area (Å²) < 4.78 is 0. The molecule has 1 aliphatic rings. The van der Waals surface area contributed by atoms with Gasteiger partial charge in [-0.15, -0.1) is 11.3 Å². The highest BCUT2D eigenvalue weighted by Gasteiger charge is 2.21. The second kappa shape index (κ2) is 4.64. The molecule has 15 heavy (non-hydrogen) atoms. The van der Waals surface area contributed by atoms with Crippen LogP contribution in [0.1, 0.15) is 41.2 Å². The largest absolute Gasteiger partial charge is 0.396 e. The maximum atomic E-state index is 9.82. The third-order valence-corrected chi connectivity index (χ3v) is 4.23. The van der Waals surface area contributed by atoms with Crippen molar-refractivity contribution in [3.63, 3.8) is 0 Å². The fourth-order valence-corrected chi connectivity index (χ4v) is 3.53. The van der Waals surface area contributed by atoms with E-state index in [1.54, 1.807) is 0 Å². The van der Waals surface area contributed by atoms with E-state index in [-0.39, 0.29) is 12.7 Å². The van der Waals surface area contributed by atoms with E-state index >= 15 is 0 Å². The van der Waals surface area contributed by atoms with Crippen molar-refractivity contribution < 1.29 is 10.2 Å². The maximum absolute atomic E-state index is 9.82. The van der Waals surface area contributed by atoms with Gasteiger partial charge in [0.2, 0.25) is 0 Å². The van der Waals surface area contributed by atoms with E-state index in [1.807, 2.05) is 11.3 Å². The number of thiophene rings is 1. The number of hydrogen-bond acceptors (Lipinski definition) is 3.